The van der Waals surface area contributed by atoms with E-state index in [0.717, 1.165) is 29.7 Å². The van der Waals surface area contributed by atoms with Gasteiger partial charge in [-0.25, -0.2) is 0 Å². The predicted octanol–water partition coefficient (Wildman–Crippen LogP) is 6.16. The predicted molar refractivity (Wildman–Crippen MR) is 107 cm³/mol. The number of hydrogen-bond donors (Lipinski definition) is 0. The zero-order valence-corrected chi connectivity index (χ0v) is 15.4. The minimum absolute atomic E-state index is 0.626. The van der Waals surface area contributed by atoms with Crippen molar-refractivity contribution in [3.63, 3.8) is 0 Å². The van der Waals surface area contributed by atoms with E-state index in [9.17, 15) is 0 Å². The maximum absolute atomic E-state index is 5.72. The van der Waals surface area contributed by atoms with Crippen LogP contribution in [0.1, 0.15) is 56.2 Å². The van der Waals surface area contributed by atoms with Crippen LogP contribution >= 0.6 is 0 Å². The molecule has 0 saturated carbocycles. The van der Waals surface area contributed by atoms with Gasteiger partial charge < -0.3 is 4.74 Å². The van der Waals surface area contributed by atoms with Gasteiger partial charge in [0.05, 0.1) is 0 Å². The molecular formula is C24H28O. The van der Waals surface area contributed by atoms with Gasteiger partial charge in [0.1, 0.15) is 12.4 Å². The van der Waals surface area contributed by atoms with Crippen molar-refractivity contribution in [1.29, 1.82) is 0 Å². The molecular weight excluding hydrogens is 304 g/mol. The Bertz CT molecular complexity index is 697. The van der Waals surface area contributed by atoms with E-state index in [1.165, 1.54) is 24.8 Å². The lowest BCUT2D eigenvalue weighted by Gasteiger charge is -2.02. The van der Waals surface area contributed by atoms with Crippen LogP contribution in [0, 0.1) is 11.8 Å². The topological polar surface area (TPSA) is 9.23 Å². The van der Waals surface area contributed by atoms with Gasteiger partial charge in [0.25, 0.3) is 0 Å². The first-order valence-electron chi connectivity index (χ1n) is 9.30. The minimum atomic E-state index is 0.626. The smallest absolute Gasteiger partial charge is 0.119 e. The van der Waals surface area contributed by atoms with Crippen molar-refractivity contribution >= 4 is 0 Å². The summed E-state index contributed by atoms with van der Waals surface area (Å²) >= 11 is 0. The Balaban J connectivity index is 1.80. The quantitative estimate of drug-likeness (QED) is 0.319. The van der Waals surface area contributed by atoms with E-state index < -0.39 is 0 Å². The molecule has 0 unspecified atom stereocenters. The molecule has 0 aromatic heterocycles. The van der Waals surface area contributed by atoms with Crippen LogP contribution in [0.3, 0.4) is 0 Å². The fourth-order valence-electron chi connectivity index (χ4n) is 2.45. The Morgan fingerprint density at radius 3 is 2.04 bits per heavy atom. The summed E-state index contributed by atoms with van der Waals surface area (Å²) < 4.78 is 5.72. The molecule has 0 N–H and O–H groups in total. The van der Waals surface area contributed by atoms with Crippen LogP contribution < -0.4 is 4.74 Å². The molecule has 0 aliphatic carbocycles. The molecule has 0 aliphatic heterocycles. The molecule has 0 saturated heterocycles. The summed E-state index contributed by atoms with van der Waals surface area (Å²) in [6.45, 7) is 5.01. The van der Waals surface area contributed by atoms with E-state index in [-0.39, 0.29) is 0 Å². The second-order valence-corrected chi connectivity index (χ2v) is 6.10. The third kappa shape index (κ3) is 7.31. The van der Waals surface area contributed by atoms with Crippen LogP contribution in [0.25, 0.3) is 0 Å². The molecule has 0 atom stereocenters. The molecule has 0 amide bonds. The highest BCUT2D eigenvalue weighted by Crippen LogP contribution is 2.12. The van der Waals surface area contributed by atoms with E-state index in [4.69, 9.17) is 4.74 Å². The molecule has 0 aliphatic rings. The second-order valence-electron chi connectivity index (χ2n) is 6.10. The highest BCUT2D eigenvalue weighted by atomic mass is 16.5. The first-order valence-corrected chi connectivity index (χ1v) is 9.30. The van der Waals surface area contributed by atoms with Gasteiger partial charge in [-0.3, -0.25) is 0 Å². The standard InChI is InChI=1S/C24H28O/c1-3-5-6-7-8-9-20-25-24-18-16-23(17-19-24)15-14-22-12-10-21(4-2)11-13-22/h8-13,16-19H,3-7,20H2,1-2H3. The fourth-order valence-corrected chi connectivity index (χ4v) is 2.45. The number of hydrogen-bond acceptors (Lipinski definition) is 1. The number of rotatable bonds is 8. The first kappa shape index (κ1) is 18.9. The molecule has 0 bridgehead atoms. The van der Waals surface area contributed by atoms with E-state index in [0.29, 0.717) is 6.61 Å². The molecule has 1 nitrogen and oxygen atoms in total. The van der Waals surface area contributed by atoms with Gasteiger partial charge in [0.2, 0.25) is 0 Å². The summed E-state index contributed by atoms with van der Waals surface area (Å²) in [6.07, 6.45) is 10.3. The third-order valence-electron chi connectivity index (χ3n) is 4.05. The van der Waals surface area contributed by atoms with Gasteiger partial charge in [-0.15, -0.1) is 0 Å². The minimum Gasteiger partial charge on any atom is -0.490 e. The number of benzene rings is 2. The van der Waals surface area contributed by atoms with Crippen LogP contribution in [-0.2, 0) is 6.42 Å². The molecule has 2 aromatic carbocycles. The van der Waals surface area contributed by atoms with Crippen LogP contribution in [0.15, 0.2) is 60.7 Å². The molecule has 0 heterocycles. The Morgan fingerprint density at radius 1 is 0.800 bits per heavy atom. The largest absolute Gasteiger partial charge is 0.490 e. The van der Waals surface area contributed by atoms with Crippen LogP contribution in [0.2, 0.25) is 0 Å². The maximum atomic E-state index is 5.72. The average Bonchev–Trinajstić information content (AvgIpc) is 2.67. The van der Waals surface area contributed by atoms with Gasteiger partial charge >= 0.3 is 0 Å². The molecule has 0 fully saturated rings. The SMILES string of the molecule is CCCCCC=CCOc1ccc(C#Cc2ccc(CC)cc2)cc1. The van der Waals surface area contributed by atoms with Gasteiger partial charge in [-0.2, -0.15) is 0 Å². The summed E-state index contributed by atoms with van der Waals surface area (Å²) in [5, 5.41) is 0. The number of unbranched alkanes of at least 4 members (excludes halogenated alkanes) is 3. The highest BCUT2D eigenvalue weighted by Gasteiger charge is 1.93. The molecule has 2 rings (SSSR count). The van der Waals surface area contributed by atoms with Crippen molar-refractivity contribution in [2.24, 2.45) is 0 Å². The number of allylic oxidation sites excluding steroid dienone is 1. The van der Waals surface area contributed by atoms with Gasteiger partial charge in [-0.05, 0) is 61.2 Å². The first-order chi connectivity index (χ1) is 12.3. The van der Waals surface area contributed by atoms with Crippen LogP contribution in [0.4, 0.5) is 0 Å². The van der Waals surface area contributed by atoms with E-state index in [1.807, 2.05) is 24.3 Å². The lowest BCUT2D eigenvalue weighted by atomic mass is 10.1. The third-order valence-corrected chi connectivity index (χ3v) is 4.05. The van der Waals surface area contributed by atoms with Crippen molar-refractivity contribution in [2.45, 2.75) is 46.0 Å². The summed E-state index contributed by atoms with van der Waals surface area (Å²) in [5.41, 5.74) is 3.39. The summed E-state index contributed by atoms with van der Waals surface area (Å²) in [7, 11) is 0. The van der Waals surface area contributed by atoms with Crippen molar-refractivity contribution in [3.05, 3.63) is 77.4 Å². The molecule has 25 heavy (non-hydrogen) atoms. The summed E-state index contributed by atoms with van der Waals surface area (Å²) in [4.78, 5) is 0. The molecule has 2 aromatic rings. The van der Waals surface area contributed by atoms with Crippen LogP contribution in [0.5, 0.6) is 5.75 Å². The Labute approximate surface area is 152 Å². The van der Waals surface area contributed by atoms with Gasteiger partial charge in [0.15, 0.2) is 0 Å². The average molecular weight is 332 g/mol. The zero-order chi connectivity index (χ0) is 17.7. The fraction of sp³-hybridized carbons (Fsp3) is 0.333. The Kier molecular flexibility index (Phi) is 8.42. The molecule has 0 radical (unpaired) electrons. The van der Waals surface area contributed by atoms with Crippen molar-refractivity contribution in [3.8, 4) is 17.6 Å². The number of ether oxygens (including phenoxy) is 1. The summed E-state index contributed by atoms with van der Waals surface area (Å²) in [5.74, 6) is 7.29. The van der Waals surface area contributed by atoms with Crippen molar-refractivity contribution in [2.75, 3.05) is 6.61 Å². The normalized spacial score (nSPS) is 10.5. The summed E-state index contributed by atoms with van der Waals surface area (Å²) in [6, 6.07) is 16.4. The van der Waals surface area contributed by atoms with Gasteiger partial charge in [-0.1, -0.05) is 62.8 Å². The number of aryl methyl sites for hydroxylation is 1. The van der Waals surface area contributed by atoms with Crippen molar-refractivity contribution in [1.82, 2.24) is 0 Å². The lowest BCUT2D eigenvalue weighted by Crippen LogP contribution is -1.93. The highest BCUT2D eigenvalue weighted by molar-refractivity contribution is 5.44. The second kappa shape index (κ2) is 11.2. The van der Waals surface area contributed by atoms with E-state index in [2.05, 4.69) is 62.1 Å². The van der Waals surface area contributed by atoms with Gasteiger partial charge in [0, 0.05) is 11.1 Å². The molecule has 0 spiro atoms. The Hall–Kier alpha value is -2.46. The monoisotopic (exact) mass is 332 g/mol. The van der Waals surface area contributed by atoms with Crippen LogP contribution in [-0.4, -0.2) is 6.61 Å². The maximum Gasteiger partial charge on any atom is 0.119 e. The lowest BCUT2D eigenvalue weighted by molar-refractivity contribution is 0.362. The van der Waals surface area contributed by atoms with Crippen molar-refractivity contribution < 1.29 is 4.74 Å². The Morgan fingerprint density at radius 2 is 1.44 bits per heavy atom. The molecule has 1 heteroatoms. The van der Waals surface area contributed by atoms with E-state index >= 15 is 0 Å². The molecule has 130 valence electrons. The van der Waals surface area contributed by atoms with E-state index in [1.54, 1.807) is 0 Å². The zero-order valence-electron chi connectivity index (χ0n) is 15.4.